The number of terminal acetylenes is 1. The molecule has 3 rings (SSSR count). The van der Waals surface area contributed by atoms with Crippen molar-refractivity contribution in [2.45, 2.75) is 88.9 Å². The van der Waals surface area contributed by atoms with Gasteiger partial charge in [-0.15, -0.1) is 6.42 Å². The Balaban J connectivity index is 1.80. The van der Waals surface area contributed by atoms with Crippen LogP contribution in [0.25, 0.3) is 0 Å². The Morgan fingerprint density at radius 3 is 2.48 bits per heavy atom. The van der Waals surface area contributed by atoms with Crippen molar-refractivity contribution in [1.29, 1.82) is 0 Å². The Kier molecular flexibility index (Phi) is 5.66. The van der Waals surface area contributed by atoms with Crippen LogP contribution in [0.2, 0.25) is 18.1 Å². The highest BCUT2D eigenvalue weighted by molar-refractivity contribution is 6.74. The summed E-state index contributed by atoms with van der Waals surface area (Å²) >= 11 is 0. The summed E-state index contributed by atoms with van der Waals surface area (Å²) in [6.07, 6.45) is 8.26. The molecule has 0 saturated carbocycles. The molecule has 1 aliphatic carbocycles. The molecule has 5 nitrogen and oxygen atoms in total. The van der Waals surface area contributed by atoms with Crippen LogP contribution in [0.15, 0.2) is 11.6 Å². The number of epoxide rings is 1. The van der Waals surface area contributed by atoms with Gasteiger partial charge in [-0.2, -0.15) is 0 Å². The van der Waals surface area contributed by atoms with Crippen molar-refractivity contribution < 1.29 is 23.4 Å². The van der Waals surface area contributed by atoms with E-state index in [4.69, 9.17) is 25.1 Å². The molecule has 0 aromatic carbocycles. The first kappa shape index (κ1) is 22.3. The second-order valence-corrected chi connectivity index (χ2v) is 14.8. The quantitative estimate of drug-likeness (QED) is 0.304. The molecule has 2 saturated heterocycles. The smallest absolute Gasteiger partial charge is 0.196 e. The van der Waals surface area contributed by atoms with Crippen LogP contribution in [0.3, 0.4) is 0 Å². The van der Waals surface area contributed by atoms with Crippen LogP contribution in [0.4, 0.5) is 0 Å². The SMILES string of the molecule is C#C[C@H]1O[C@]1(C#CC1=C[C@@H](O[Si](C)(C)C(C)(C)C)C[C@@H]1C=O)[C@H]1COC(C)(C)O1. The molecule has 0 aromatic heterocycles. The fourth-order valence-corrected chi connectivity index (χ4v) is 4.75. The highest BCUT2D eigenvalue weighted by Gasteiger charge is 2.64. The summed E-state index contributed by atoms with van der Waals surface area (Å²) in [5.41, 5.74) is -0.109. The van der Waals surface area contributed by atoms with E-state index in [2.05, 4.69) is 51.6 Å². The number of aldehydes is 1. The summed E-state index contributed by atoms with van der Waals surface area (Å²) < 4.78 is 23.8. The van der Waals surface area contributed by atoms with Gasteiger partial charge in [-0.05, 0) is 44.5 Å². The minimum absolute atomic E-state index is 0.0973. The van der Waals surface area contributed by atoms with Gasteiger partial charge in [0.25, 0.3) is 0 Å². The van der Waals surface area contributed by atoms with E-state index < -0.39 is 25.8 Å². The van der Waals surface area contributed by atoms with E-state index in [1.807, 2.05) is 19.9 Å². The number of carbonyl (C=O) groups is 1. The van der Waals surface area contributed by atoms with Crippen LogP contribution in [0, 0.1) is 30.1 Å². The summed E-state index contributed by atoms with van der Waals surface area (Å²) in [5, 5.41) is 0.102. The lowest BCUT2D eigenvalue weighted by molar-refractivity contribution is -0.143. The third-order valence-corrected chi connectivity index (χ3v) is 10.9. The van der Waals surface area contributed by atoms with E-state index in [1.165, 1.54) is 0 Å². The van der Waals surface area contributed by atoms with Gasteiger partial charge in [0.2, 0.25) is 0 Å². The molecular formula is C23H32O5Si. The molecule has 29 heavy (non-hydrogen) atoms. The van der Waals surface area contributed by atoms with Crippen LogP contribution in [-0.2, 0) is 23.4 Å². The van der Waals surface area contributed by atoms with Gasteiger partial charge >= 0.3 is 0 Å². The molecule has 0 unspecified atom stereocenters. The largest absolute Gasteiger partial charge is 0.410 e. The summed E-state index contributed by atoms with van der Waals surface area (Å²) in [5.74, 6) is 8.01. The molecule has 3 aliphatic rings. The van der Waals surface area contributed by atoms with Crippen molar-refractivity contribution in [3.05, 3.63) is 11.6 Å². The van der Waals surface area contributed by atoms with E-state index in [9.17, 15) is 4.79 Å². The molecule has 0 bridgehead atoms. The number of rotatable bonds is 4. The van der Waals surface area contributed by atoms with Crippen LogP contribution >= 0.6 is 0 Å². The first-order chi connectivity index (χ1) is 13.3. The van der Waals surface area contributed by atoms with E-state index in [-0.39, 0.29) is 23.2 Å². The molecule has 2 fully saturated rings. The third kappa shape index (κ3) is 4.38. The third-order valence-electron chi connectivity index (χ3n) is 6.35. The Labute approximate surface area is 175 Å². The molecule has 2 heterocycles. The van der Waals surface area contributed by atoms with Gasteiger partial charge in [0.05, 0.1) is 18.6 Å². The highest BCUT2D eigenvalue weighted by atomic mass is 28.4. The molecule has 158 valence electrons. The van der Waals surface area contributed by atoms with Crippen molar-refractivity contribution in [2.24, 2.45) is 5.92 Å². The summed E-state index contributed by atoms with van der Waals surface area (Å²) in [4.78, 5) is 11.7. The van der Waals surface area contributed by atoms with Gasteiger partial charge in [0.1, 0.15) is 12.4 Å². The fourth-order valence-electron chi connectivity index (χ4n) is 3.48. The predicted octanol–water partition coefficient (Wildman–Crippen LogP) is 3.45. The van der Waals surface area contributed by atoms with Gasteiger partial charge in [0, 0.05) is 5.57 Å². The minimum Gasteiger partial charge on any atom is -0.410 e. The lowest BCUT2D eigenvalue weighted by Crippen LogP contribution is -2.43. The molecule has 0 radical (unpaired) electrons. The number of hydrogen-bond acceptors (Lipinski definition) is 5. The molecule has 0 spiro atoms. The Hall–Kier alpha value is -1.41. The van der Waals surface area contributed by atoms with Crippen molar-refractivity contribution in [3.8, 4) is 24.2 Å². The number of ether oxygens (including phenoxy) is 3. The lowest BCUT2D eigenvalue weighted by Gasteiger charge is -2.38. The molecule has 0 N–H and O–H groups in total. The average Bonchev–Trinajstić information content (AvgIpc) is 3.01. The van der Waals surface area contributed by atoms with Crippen LogP contribution in [-0.4, -0.2) is 50.9 Å². The van der Waals surface area contributed by atoms with Crippen molar-refractivity contribution in [2.75, 3.05) is 6.61 Å². The van der Waals surface area contributed by atoms with Crippen molar-refractivity contribution in [3.63, 3.8) is 0 Å². The van der Waals surface area contributed by atoms with Gasteiger partial charge in [0.15, 0.2) is 25.8 Å². The molecule has 5 atom stereocenters. The monoisotopic (exact) mass is 416 g/mol. The topological polar surface area (TPSA) is 57.3 Å². The van der Waals surface area contributed by atoms with Gasteiger partial charge in [-0.1, -0.05) is 38.5 Å². The highest BCUT2D eigenvalue weighted by Crippen LogP contribution is 2.45. The Bertz CT molecular complexity index is 804. The second-order valence-electron chi connectivity index (χ2n) is 10.0. The molecule has 0 amide bonds. The van der Waals surface area contributed by atoms with Crippen LogP contribution < -0.4 is 0 Å². The molecule has 6 heteroatoms. The number of allylic oxidation sites excluding steroid dienone is 1. The van der Waals surface area contributed by atoms with E-state index >= 15 is 0 Å². The van der Waals surface area contributed by atoms with Crippen molar-refractivity contribution in [1.82, 2.24) is 0 Å². The Morgan fingerprint density at radius 2 is 2.00 bits per heavy atom. The molecule has 0 aromatic rings. The van der Waals surface area contributed by atoms with E-state index in [0.717, 1.165) is 11.9 Å². The molecular weight excluding hydrogens is 384 g/mol. The Morgan fingerprint density at radius 1 is 1.31 bits per heavy atom. The van der Waals surface area contributed by atoms with E-state index in [0.29, 0.717) is 13.0 Å². The standard InChI is InChI=1S/C23H32O5Si/c1-9-19-23(27-19,20-15-25-22(5,6)26-20)11-10-16-12-18(13-17(16)14-24)28-29(7,8)21(2,3)4/h1,12,14,17-20H,13,15H2,2-8H3/t17-,18-,19-,20-,23+/m1/s1. The lowest BCUT2D eigenvalue weighted by atomic mass is 9.97. The van der Waals surface area contributed by atoms with Crippen LogP contribution in [0.5, 0.6) is 0 Å². The number of hydrogen-bond donors (Lipinski definition) is 0. The van der Waals surface area contributed by atoms with Gasteiger partial charge < -0.3 is 23.4 Å². The summed E-state index contributed by atoms with van der Waals surface area (Å²) in [7, 11) is -1.94. The van der Waals surface area contributed by atoms with Crippen LogP contribution in [0.1, 0.15) is 41.0 Å². The fraction of sp³-hybridized carbons (Fsp3) is 0.696. The summed E-state index contributed by atoms with van der Waals surface area (Å²) in [6.45, 7) is 15.1. The summed E-state index contributed by atoms with van der Waals surface area (Å²) in [6, 6.07) is 0. The zero-order valence-corrected chi connectivity index (χ0v) is 19.5. The first-order valence-corrected chi connectivity index (χ1v) is 13.1. The van der Waals surface area contributed by atoms with Crippen molar-refractivity contribution >= 4 is 14.6 Å². The zero-order valence-electron chi connectivity index (χ0n) is 18.5. The maximum Gasteiger partial charge on any atom is 0.196 e. The minimum atomic E-state index is -1.94. The normalized spacial score (nSPS) is 36.0. The average molecular weight is 417 g/mol. The first-order valence-electron chi connectivity index (χ1n) is 10.2. The zero-order chi connectivity index (χ0) is 21.7. The van der Waals surface area contributed by atoms with Gasteiger partial charge in [-0.3, -0.25) is 0 Å². The predicted molar refractivity (Wildman–Crippen MR) is 113 cm³/mol. The molecule has 2 aliphatic heterocycles. The number of carbonyl (C=O) groups excluding carboxylic acids is 1. The van der Waals surface area contributed by atoms with E-state index in [1.54, 1.807) is 0 Å². The van der Waals surface area contributed by atoms with Gasteiger partial charge in [-0.25, -0.2) is 0 Å². The maximum absolute atomic E-state index is 11.7. The maximum atomic E-state index is 11.7. The second kappa shape index (κ2) is 7.37.